The van der Waals surface area contributed by atoms with Crippen LogP contribution in [0.4, 0.5) is 15.8 Å². The average Bonchev–Trinajstić information content (AvgIpc) is 3.33. The summed E-state index contributed by atoms with van der Waals surface area (Å²) in [6, 6.07) is 25.9. The van der Waals surface area contributed by atoms with Gasteiger partial charge in [-0.25, -0.2) is 4.39 Å². The van der Waals surface area contributed by atoms with E-state index in [9.17, 15) is 9.18 Å². The van der Waals surface area contributed by atoms with Crippen LogP contribution in [0.2, 0.25) is 0 Å². The molecule has 1 heterocycles. The second-order valence-electron chi connectivity index (χ2n) is 7.26. The highest BCUT2D eigenvalue weighted by molar-refractivity contribution is 5.97. The Kier molecular flexibility index (Phi) is 6.94. The van der Waals surface area contributed by atoms with Crippen LogP contribution in [0.5, 0.6) is 0 Å². The lowest BCUT2D eigenvalue weighted by atomic mass is 10.0. The van der Waals surface area contributed by atoms with E-state index in [2.05, 4.69) is 10.6 Å². The van der Waals surface area contributed by atoms with E-state index in [1.807, 2.05) is 66.7 Å². The van der Waals surface area contributed by atoms with Crippen molar-refractivity contribution < 1.29 is 18.3 Å². The van der Waals surface area contributed by atoms with Crippen LogP contribution in [0.25, 0.3) is 0 Å². The summed E-state index contributed by atoms with van der Waals surface area (Å²) in [5, 5.41) is 6.16. The highest BCUT2D eigenvalue weighted by atomic mass is 19.1. The summed E-state index contributed by atoms with van der Waals surface area (Å²) in [4.78, 5) is 13.1. The molecule has 162 valence electrons. The normalized spacial score (nSPS) is 11.7. The fraction of sp³-hybridized carbons (Fsp3) is 0.115. The van der Waals surface area contributed by atoms with Crippen LogP contribution in [-0.4, -0.2) is 5.91 Å². The Bertz CT molecular complexity index is 1130. The number of amides is 1. The van der Waals surface area contributed by atoms with Crippen LogP contribution in [0.15, 0.2) is 102 Å². The quantitative estimate of drug-likeness (QED) is 0.346. The standard InChI is InChI=1S/C26H23FN2O3/c27-21-11-13-22(14-12-21)29-26(30)25(20-7-2-1-3-8-20)28-23-9-4-6-19(16-23)17-31-18-24-10-5-15-32-24/h1-16,25,28H,17-18H2,(H,29,30). The fourth-order valence-corrected chi connectivity index (χ4v) is 3.28. The number of nitrogens with one attached hydrogen (secondary N) is 2. The highest BCUT2D eigenvalue weighted by Crippen LogP contribution is 2.23. The van der Waals surface area contributed by atoms with Gasteiger partial charge in [0.05, 0.1) is 12.9 Å². The highest BCUT2D eigenvalue weighted by Gasteiger charge is 2.21. The van der Waals surface area contributed by atoms with Crippen molar-refractivity contribution in [3.63, 3.8) is 0 Å². The number of benzene rings is 3. The molecule has 1 unspecified atom stereocenters. The maximum absolute atomic E-state index is 13.2. The van der Waals surface area contributed by atoms with E-state index in [1.54, 1.807) is 6.26 Å². The van der Waals surface area contributed by atoms with Crippen molar-refractivity contribution in [1.82, 2.24) is 0 Å². The van der Waals surface area contributed by atoms with Crippen molar-refractivity contribution in [3.05, 3.63) is 120 Å². The van der Waals surface area contributed by atoms with Crippen LogP contribution >= 0.6 is 0 Å². The van der Waals surface area contributed by atoms with Gasteiger partial charge >= 0.3 is 0 Å². The predicted molar refractivity (Wildman–Crippen MR) is 121 cm³/mol. The second-order valence-corrected chi connectivity index (χ2v) is 7.26. The monoisotopic (exact) mass is 430 g/mol. The Morgan fingerprint density at radius 3 is 2.44 bits per heavy atom. The molecule has 0 radical (unpaired) electrons. The maximum atomic E-state index is 13.2. The molecular formula is C26H23FN2O3. The summed E-state index contributed by atoms with van der Waals surface area (Å²) in [6.07, 6.45) is 1.62. The first-order chi connectivity index (χ1) is 15.7. The lowest BCUT2D eigenvalue weighted by molar-refractivity contribution is -0.117. The lowest BCUT2D eigenvalue weighted by Crippen LogP contribution is -2.27. The Morgan fingerprint density at radius 2 is 1.69 bits per heavy atom. The predicted octanol–water partition coefficient (Wildman–Crippen LogP) is 5.93. The minimum atomic E-state index is -0.638. The first kappa shape index (κ1) is 21.3. The van der Waals surface area contributed by atoms with Gasteiger partial charge in [-0.3, -0.25) is 4.79 Å². The second kappa shape index (κ2) is 10.4. The number of halogens is 1. The van der Waals surface area contributed by atoms with Gasteiger partial charge in [-0.05, 0) is 59.7 Å². The molecular weight excluding hydrogens is 407 g/mol. The van der Waals surface area contributed by atoms with E-state index in [0.717, 1.165) is 22.6 Å². The topological polar surface area (TPSA) is 63.5 Å². The van der Waals surface area contributed by atoms with Crippen molar-refractivity contribution in [1.29, 1.82) is 0 Å². The molecule has 0 fully saturated rings. The summed E-state index contributed by atoms with van der Waals surface area (Å²) in [7, 11) is 0. The molecule has 0 spiro atoms. The van der Waals surface area contributed by atoms with E-state index >= 15 is 0 Å². The first-order valence-corrected chi connectivity index (χ1v) is 10.2. The van der Waals surface area contributed by atoms with Crippen LogP contribution < -0.4 is 10.6 Å². The molecule has 0 bridgehead atoms. The summed E-state index contributed by atoms with van der Waals surface area (Å²) < 4.78 is 24.2. The van der Waals surface area contributed by atoms with Gasteiger partial charge in [0.15, 0.2) is 0 Å². The SMILES string of the molecule is O=C(Nc1ccc(F)cc1)C(Nc1cccc(COCc2ccco2)c1)c1ccccc1. The largest absolute Gasteiger partial charge is 0.467 e. The third-order valence-electron chi connectivity index (χ3n) is 4.84. The molecule has 3 aromatic carbocycles. The van der Waals surface area contributed by atoms with Gasteiger partial charge in [-0.15, -0.1) is 0 Å². The molecule has 1 atom stereocenters. The van der Waals surface area contributed by atoms with E-state index in [0.29, 0.717) is 18.9 Å². The zero-order valence-electron chi connectivity index (χ0n) is 17.3. The summed E-state index contributed by atoms with van der Waals surface area (Å²) in [6.45, 7) is 0.797. The van der Waals surface area contributed by atoms with Crippen LogP contribution in [0.1, 0.15) is 22.9 Å². The maximum Gasteiger partial charge on any atom is 0.251 e. The third kappa shape index (κ3) is 5.83. The Labute approximate surface area is 185 Å². The summed E-state index contributed by atoms with van der Waals surface area (Å²) >= 11 is 0. The number of hydrogen-bond acceptors (Lipinski definition) is 4. The molecule has 1 amide bonds. The van der Waals surface area contributed by atoms with Gasteiger partial charge in [0, 0.05) is 11.4 Å². The Balaban J connectivity index is 1.47. The van der Waals surface area contributed by atoms with Crippen molar-refractivity contribution >= 4 is 17.3 Å². The van der Waals surface area contributed by atoms with Gasteiger partial charge in [-0.1, -0.05) is 42.5 Å². The molecule has 0 aliphatic rings. The summed E-state index contributed by atoms with van der Waals surface area (Å²) in [5.41, 5.74) is 3.09. The molecule has 0 aliphatic heterocycles. The number of carbonyl (C=O) groups is 1. The molecule has 4 aromatic rings. The van der Waals surface area contributed by atoms with E-state index in [4.69, 9.17) is 9.15 Å². The number of anilines is 2. The van der Waals surface area contributed by atoms with E-state index in [-0.39, 0.29) is 11.7 Å². The number of rotatable bonds is 9. The zero-order chi connectivity index (χ0) is 22.2. The van der Waals surface area contributed by atoms with Crippen molar-refractivity contribution in [2.45, 2.75) is 19.3 Å². The first-order valence-electron chi connectivity index (χ1n) is 10.2. The van der Waals surface area contributed by atoms with Gasteiger partial charge in [0.2, 0.25) is 0 Å². The molecule has 5 nitrogen and oxygen atoms in total. The average molecular weight is 430 g/mol. The van der Waals surface area contributed by atoms with Crippen molar-refractivity contribution in [2.24, 2.45) is 0 Å². The molecule has 1 aromatic heterocycles. The smallest absolute Gasteiger partial charge is 0.251 e. The lowest BCUT2D eigenvalue weighted by Gasteiger charge is -2.20. The molecule has 0 aliphatic carbocycles. The molecule has 32 heavy (non-hydrogen) atoms. The number of carbonyl (C=O) groups excluding carboxylic acids is 1. The molecule has 0 saturated heterocycles. The van der Waals surface area contributed by atoms with E-state index < -0.39 is 6.04 Å². The number of ether oxygens (including phenoxy) is 1. The molecule has 4 rings (SSSR count). The third-order valence-corrected chi connectivity index (χ3v) is 4.84. The number of furan rings is 1. The minimum Gasteiger partial charge on any atom is -0.467 e. The molecule has 6 heteroatoms. The zero-order valence-corrected chi connectivity index (χ0v) is 17.3. The van der Waals surface area contributed by atoms with Crippen LogP contribution in [0.3, 0.4) is 0 Å². The van der Waals surface area contributed by atoms with Gasteiger partial charge in [0.1, 0.15) is 24.2 Å². The van der Waals surface area contributed by atoms with Crippen LogP contribution in [0, 0.1) is 5.82 Å². The Hall–Kier alpha value is -3.90. The van der Waals surface area contributed by atoms with E-state index in [1.165, 1.54) is 24.3 Å². The van der Waals surface area contributed by atoms with Crippen molar-refractivity contribution in [3.8, 4) is 0 Å². The van der Waals surface area contributed by atoms with Gasteiger partial charge in [0.25, 0.3) is 5.91 Å². The van der Waals surface area contributed by atoms with Gasteiger partial charge in [-0.2, -0.15) is 0 Å². The molecule has 0 saturated carbocycles. The fourth-order valence-electron chi connectivity index (χ4n) is 3.28. The summed E-state index contributed by atoms with van der Waals surface area (Å²) in [5.74, 6) is 0.162. The number of hydrogen-bond donors (Lipinski definition) is 2. The Morgan fingerprint density at radius 1 is 0.875 bits per heavy atom. The minimum absolute atomic E-state index is 0.248. The van der Waals surface area contributed by atoms with Gasteiger partial charge < -0.3 is 19.8 Å². The van der Waals surface area contributed by atoms with Crippen LogP contribution in [-0.2, 0) is 22.7 Å². The van der Waals surface area contributed by atoms with Crippen molar-refractivity contribution in [2.75, 3.05) is 10.6 Å². The molecule has 2 N–H and O–H groups in total.